The van der Waals surface area contributed by atoms with Crippen LogP contribution in [0.5, 0.6) is 0 Å². The van der Waals surface area contributed by atoms with Gasteiger partial charge in [-0.15, -0.1) is 0 Å². The van der Waals surface area contributed by atoms with Crippen molar-refractivity contribution in [2.75, 3.05) is 25.5 Å². The molecular formula is C12H24N4S. The highest BCUT2D eigenvalue weighted by Gasteiger charge is 2.03. The zero-order chi connectivity index (χ0) is 12.7. The normalized spacial score (nSPS) is 11.4. The van der Waals surface area contributed by atoms with Crippen LogP contribution in [-0.2, 0) is 6.42 Å². The summed E-state index contributed by atoms with van der Waals surface area (Å²) in [4.78, 5) is 6.75. The van der Waals surface area contributed by atoms with Crippen LogP contribution in [0.15, 0.2) is 0 Å². The van der Waals surface area contributed by atoms with Crippen molar-refractivity contribution in [2.45, 2.75) is 46.1 Å². The first-order chi connectivity index (χ1) is 8.13. The maximum atomic E-state index is 4.38. The Morgan fingerprint density at radius 3 is 2.71 bits per heavy atom. The molecule has 0 fully saturated rings. The van der Waals surface area contributed by atoms with Crippen LogP contribution >= 0.6 is 11.5 Å². The van der Waals surface area contributed by atoms with E-state index in [1.54, 1.807) is 0 Å². The van der Waals surface area contributed by atoms with E-state index in [0.29, 0.717) is 6.04 Å². The molecule has 0 aliphatic rings. The van der Waals surface area contributed by atoms with Crippen LogP contribution in [0, 0.1) is 0 Å². The number of unbranched alkanes of at least 4 members (excludes halogenated alkanes) is 1. The Hall–Kier alpha value is -0.680. The minimum Gasteiger partial charge on any atom is -0.360 e. The molecule has 5 heteroatoms. The minimum absolute atomic E-state index is 0.637. The lowest BCUT2D eigenvalue weighted by Gasteiger charge is -2.20. The molecule has 1 aromatic rings. The summed E-state index contributed by atoms with van der Waals surface area (Å²) in [6, 6.07) is 0.637. The first-order valence-electron chi connectivity index (χ1n) is 6.40. The first-order valence-corrected chi connectivity index (χ1v) is 7.17. The van der Waals surface area contributed by atoms with Crippen LogP contribution in [-0.4, -0.2) is 40.4 Å². The molecule has 0 radical (unpaired) electrons. The second-order valence-electron chi connectivity index (χ2n) is 4.58. The molecule has 0 saturated carbocycles. The molecule has 0 atom stereocenters. The van der Waals surface area contributed by atoms with Crippen molar-refractivity contribution in [3.8, 4) is 0 Å². The van der Waals surface area contributed by atoms with Crippen molar-refractivity contribution in [1.82, 2.24) is 14.3 Å². The van der Waals surface area contributed by atoms with Gasteiger partial charge in [0.15, 0.2) is 0 Å². The van der Waals surface area contributed by atoms with Gasteiger partial charge in [-0.1, -0.05) is 6.92 Å². The van der Waals surface area contributed by atoms with E-state index in [2.05, 4.69) is 47.4 Å². The van der Waals surface area contributed by atoms with Gasteiger partial charge in [0.25, 0.3) is 0 Å². The van der Waals surface area contributed by atoms with E-state index < -0.39 is 0 Å². The Morgan fingerprint density at radius 1 is 1.35 bits per heavy atom. The van der Waals surface area contributed by atoms with Gasteiger partial charge in [0, 0.05) is 30.5 Å². The molecule has 1 N–H and O–H groups in total. The van der Waals surface area contributed by atoms with Crippen molar-refractivity contribution < 1.29 is 0 Å². The lowest BCUT2D eigenvalue weighted by atomic mass is 10.2. The lowest BCUT2D eigenvalue weighted by molar-refractivity contribution is 0.269. The van der Waals surface area contributed by atoms with Gasteiger partial charge in [0.05, 0.1) is 0 Å². The van der Waals surface area contributed by atoms with Crippen LogP contribution in [0.3, 0.4) is 0 Å². The van der Waals surface area contributed by atoms with Gasteiger partial charge in [-0.3, -0.25) is 0 Å². The van der Waals surface area contributed by atoms with Crippen molar-refractivity contribution in [1.29, 1.82) is 0 Å². The summed E-state index contributed by atoms with van der Waals surface area (Å²) in [6.07, 6.45) is 3.32. The largest absolute Gasteiger partial charge is 0.360 e. The molecule has 1 rings (SSSR count). The Balaban J connectivity index is 2.08. The third kappa shape index (κ3) is 5.46. The fourth-order valence-electron chi connectivity index (χ4n) is 1.41. The molecule has 0 unspecified atom stereocenters. The van der Waals surface area contributed by atoms with Gasteiger partial charge in [0.1, 0.15) is 5.82 Å². The average Bonchev–Trinajstić information content (AvgIpc) is 2.76. The van der Waals surface area contributed by atoms with Gasteiger partial charge in [-0.25, -0.2) is 4.98 Å². The van der Waals surface area contributed by atoms with Gasteiger partial charge in [0.2, 0.25) is 5.13 Å². The number of hydrogen-bond donors (Lipinski definition) is 1. The third-order valence-corrected chi connectivity index (χ3v) is 3.59. The Morgan fingerprint density at radius 2 is 2.12 bits per heavy atom. The van der Waals surface area contributed by atoms with Crippen LogP contribution in [0.25, 0.3) is 0 Å². The van der Waals surface area contributed by atoms with Gasteiger partial charge >= 0.3 is 0 Å². The van der Waals surface area contributed by atoms with Crippen LogP contribution in [0.4, 0.5) is 5.13 Å². The number of nitrogens with one attached hydrogen (secondary N) is 1. The van der Waals surface area contributed by atoms with Gasteiger partial charge in [-0.05, 0) is 40.3 Å². The molecule has 0 amide bonds. The second kappa shape index (κ2) is 7.61. The van der Waals surface area contributed by atoms with E-state index in [1.807, 2.05) is 0 Å². The highest BCUT2D eigenvalue weighted by atomic mass is 32.1. The van der Waals surface area contributed by atoms with Gasteiger partial charge in [-0.2, -0.15) is 4.37 Å². The average molecular weight is 256 g/mol. The summed E-state index contributed by atoms with van der Waals surface area (Å²) in [5.41, 5.74) is 0. The maximum absolute atomic E-state index is 4.38. The number of anilines is 1. The Labute approximate surface area is 109 Å². The number of hydrogen-bond acceptors (Lipinski definition) is 5. The molecule has 1 aromatic heterocycles. The van der Waals surface area contributed by atoms with E-state index in [-0.39, 0.29) is 0 Å². The zero-order valence-corrected chi connectivity index (χ0v) is 12.2. The molecule has 0 aliphatic carbocycles. The third-order valence-electron chi connectivity index (χ3n) is 2.88. The highest BCUT2D eigenvalue weighted by Crippen LogP contribution is 2.11. The van der Waals surface area contributed by atoms with Crippen molar-refractivity contribution in [3.63, 3.8) is 0 Å². The summed E-state index contributed by atoms with van der Waals surface area (Å²) in [6.45, 7) is 8.69. The van der Waals surface area contributed by atoms with Gasteiger partial charge < -0.3 is 10.2 Å². The summed E-state index contributed by atoms with van der Waals surface area (Å²) in [5, 5.41) is 4.29. The molecule has 0 aliphatic heterocycles. The predicted molar refractivity (Wildman–Crippen MR) is 74.8 cm³/mol. The number of aryl methyl sites for hydroxylation is 1. The molecule has 0 saturated heterocycles. The molecule has 4 nitrogen and oxygen atoms in total. The first kappa shape index (κ1) is 14.4. The summed E-state index contributed by atoms with van der Waals surface area (Å²) < 4.78 is 4.24. The quantitative estimate of drug-likeness (QED) is 0.726. The van der Waals surface area contributed by atoms with E-state index in [1.165, 1.54) is 24.4 Å². The maximum Gasteiger partial charge on any atom is 0.202 e. The van der Waals surface area contributed by atoms with Crippen molar-refractivity contribution in [2.24, 2.45) is 0 Å². The summed E-state index contributed by atoms with van der Waals surface area (Å²) in [7, 11) is 2.18. The van der Waals surface area contributed by atoms with Crippen LogP contribution in [0.1, 0.15) is 39.4 Å². The molecule has 0 aromatic carbocycles. The fourth-order valence-corrected chi connectivity index (χ4v) is 2.08. The Bertz CT molecular complexity index is 311. The summed E-state index contributed by atoms with van der Waals surface area (Å²) >= 11 is 1.46. The molecule has 0 spiro atoms. The fraction of sp³-hybridized carbons (Fsp3) is 0.833. The van der Waals surface area contributed by atoms with Crippen LogP contribution < -0.4 is 5.32 Å². The van der Waals surface area contributed by atoms with Crippen molar-refractivity contribution in [3.05, 3.63) is 5.82 Å². The van der Waals surface area contributed by atoms with E-state index in [0.717, 1.165) is 30.5 Å². The van der Waals surface area contributed by atoms with E-state index >= 15 is 0 Å². The molecule has 0 bridgehead atoms. The highest BCUT2D eigenvalue weighted by molar-refractivity contribution is 7.09. The molecular weight excluding hydrogens is 232 g/mol. The van der Waals surface area contributed by atoms with Crippen molar-refractivity contribution >= 4 is 16.7 Å². The summed E-state index contributed by atoms with van der Waals surface area (Å²) in [5.74, 6) is 0.942. The molecule has 98 valence electrons. The zero-order valence-electron chi connectivity index (χ0n) is 11.4. The number of aromatic nitrogens is 2. The van der Waals surface area contributed by atoms with Crippen LogP contribution in [0.2, 0.25) is 0 Å². The minimum atomic E-state index is 0.637. The monoisotopic (exact) mass is 256 g/mol. The standard InChI is InChI=1S/C12H24N4S/c1-5-11-14-12(17-15-11)13-8-6-7-9-16(4)10(2)3/h10H,5-9H2,1-4H3,(H,13,14,15). The predicted octanol–water partition coefficient (Wildman–Crippen LogP) is 2.63. The van der Waals surface area contributed by atoms with E-state index in [4.69, 9.17) is 0 Å². The SMILES string of the molecule is CCc1nsc(NCCCCN(C)C(C)C)n1. The molecule has 1 heterocycles. The van der Waals surface area contributed by atoms with E-state index in [9.17, 15) is 0 Å². The second-order valence-corrected chi connectivity index (χ2v) is 5.33. The Kier molecular flexibility index (Phi) is 6.44. The number of rotatable bonds is 8. The number of nitrogens with zero attached hydrogens (tertiary/aromatic N) is 3. The topological polar surface area (TPSA) is 41.1 Å². The molecule has 17 heavy (non-hydrogen) atoms. The smallest absolute Gasteiger partial charge is 0.202 e. The lowest BCUT2D eigenvalue weighted by Crippen LogP contribution is -2.27.